The van der Waals surface area contributed by atoms with Crippen LogP contribution in [0.15, 0.2) is 60.9 Å². The van der Waals surface area contributed by atoms with Gasteiger partial charge in [0, 0.05) is 12.4 Å². The minimum absolute atomic E-state index is 0.289. The average Bonchev–Trinajstić information content (AvgIpc) is 2.56. The van der Waals surface area contributed by atoms with Gasteiger partial charge in [0.1, 0.15) is 0 Å². The number of pyridine rings is 3. The first-order chi connectivity index (χ1) is 9.86. The Morgan fingerprint density at radius 3 is 1.70 bits per heavy atom. The molecule has 3 aromatic heterocycles. The topological polar surface area (TPSA) is 61.7 Å². The Morgan fingerprint density at radius 2 is 1.30 bits per heavy atom. The van der Waals surface area contributed by atoms with Gasteiger partial charge in [-0.1, -0.05) is 17.7 Å². The summed E-state index contributed by atoms with van der Waals surface area (Å²) in [6.45, 7) is -0.289. The Kier molecular flexibility index (Phi) is 3.48. The lowest BCUT2D eigenvalue weighted by Gasteiger charge is -2.10. The van der Waals surface area contributed by atoms with Crippen molar-refractivity contribution in [3.8, 4) is 22.8 Å². The summed E-state index contributed by atoms with van der Waals surface area (Å²) in [5.41, 5.74) is 3.57. The van der Waals surface area contributed by atoms with E-state index in [0.717, 1.165) is 11.4 Å². The molecule has 0 atom stereocenters. The first kappa shape index (κ1) is 12.4. The molecule has 4 nitrogen and oxygen atoms in total. The van der Waals surface area contributed by atoms with Gasteiger partial charge >= 0.3 is 0 Å². The molecule has 0 amide bonds. The van der Waals surface area contributed by atoms with Crippen LogP contribution in [0.25, 0.3) is 22.8 Å². The van der Waals surface area contributed by atoms with E-state index in [2.05, 4.69) is 15.0 Å². The fourth-order valence-electron chi connectivity index (χ4n) is 1.96. The molecule has 0 radical (unpaired) electrons. The first-order valence-corrected chi connectivity index (χ1v) is 6.29. The van der Waals surface area contributed by atoms with E-state index in [4.69, 9.17) is 0 Å². The highest BCUT2D eigenvalue weighted by Crippen LogP contribution is 2.22. The summed E-state index contributed by atoms with van der Waals surface area (Å²) in [6, 6.07) is 14.8. The van der Waals surface area contributed by atoms with Gasteiger partial charge in [-0.2, -0.15) is 0 Å². The van der Waals surface area contributed by atoms with Gasteiger partial charge in [-0.3, -0.25) is 9.97 Å². The molecule has 0 saturated carbocycles. The maximum atomic E-state index is 11.2. The van der Waals surface area contributed by atoms with Crippen LogP contribution in [0.1, 0.15) is 5.56 Å². The highest BCUT2D eigenvalue weighted by Gasteiger charge is 2.06. The number of hydrogen-bond acceptors (Lipinski definition) is 4. The third-order valence-corrected chi connectivity index (χ3v) is 2.91. The summed E-state index contributed by atoms with van der Waals surface area (Å²) < 4.78 is 0. The van der Waals surface area contributed by atoms with Gasteiger partial charge in [0.2, 0.25) is 0 Å². The lowest BCUT2D eigenvalue weighted by molar-refractivity contribution is -0.386. The summed E-state index contributed by atoms with van der Waals surface area (Å²) in [5.74, 6) is 0. The fourth-order valence-corrected chi connectivity index (χ4v) is 1.96. The highest BCUT2D eigenvalue weighted by atomic mass is 16.3. The molecule has 0 aromatic carbocycles. The predicted molar refractivity (Wildman–Crippen MR) is 74.4 cm³/mol. The van der Waals surface area contributed by atoms with Crippen molar-refractivity contribution in [3.63, 3.8) is 0 Å². The van der Waals surface area contributed by atoms with Crippen LogP contribution in [-0.4, -0.2) is 15.0 Å². The van der Waals surface area contributed by atoms with Crippen molar-refractivity contribution in [2.45, 2.75) is 6.61 Å². The van der Waals surface area contributed by atoms with E-state index in [0.29, 0.717) is 17.0 Å². The van der Waals surface area contributed by atoms with Gasteiger partial charge in [0.15, 0.2) is 0 Å². The van der Waals surface area contributed by atoms with E-state index in [1.807, 2.05) is 36.4 Å². The maximum Gasteiger partial charge on any atom is 0.0896 e. The summed E-state index contributed by atoms with van der Waals surface area (Å²) in [4.78, 5) is 13.1. The Bertz CT molecular complexity index is 642. The lowest BCUT2D eigenvalue weighted by Crippen LogP contribution is -2.04. The third kappa shape index (κ3) is 2.55. The van der Waals surface area contributed by atoms with Crippen molar-refractivity contribution in [2.75, 3.05) is 0 Å². The predicted octanol–water partition coefficient (Wildman–Crippen LogP) is 2.07. The molecule has 0 N–H and O–H groups in total. The molecular formula is C16H12N3O-. The number of nitrogens with zero attached hydrogens (tertiary/aromatic N) is 3. The van der Waals surface area contributed by atoms with E-state index in [1.54, 1.807) is 24.5 Å². The molecule has 4 heteroatoms. The van der Waals surface area contributed by atoms with Gasteiger partial charge in [0.25, 0.3) is 0 Å². The zero-order chi connectivity index (χ0) is 13.8. The second kappa shape index (κ2) is 5.59. The summed E-state index contributed by atoms with van der Waals surface area (Å²) in [6.07, 6.45) is 3.42. The Balaban J connectivity index is 2.13. The molecule has 0 saturated heterocycles. The highest BCUT2D eigenvalue weighted by molar-refractivity contribution is 5.63. The van der Waals surface area contributed by atoms with Crippen molar-refractivity contribution in [1.29, 1.82) is 0 Å². The number of aromatic nitrogens is 3. The van der Waals surface area contributed by atoms with Crippen molar-refractivity contribution >= 4 is 0 Å². The average molecular weight is 262 g/mol. The molecule has 3 rings (SSSR count). The number of hydrogen-bond donors (Lipinski definition) is 0. The molecule has 0 aliphatic rings. The summed E-state index contributed by atoms with van der Waals surface area (Å²) >= 11 is 0. The smallest absolute Gasteiger partial charge is 0.0896 e. The molecule has 0 bridgehead atoms. The van der Waals surface area contributed by atoms with Gasteiger partial charge in [-0.15, -0.1) is 6.61 Å². The van der Waals surface area contributed by atoms with E-state index >= 15 is 0 Å². The molecule has 20 heavy (non-hydrogen) atoms. The van der Waals surface area contributed by atoms with Crippen LogP contribution in [0.3, 0.4) is 0 Å². The van der Waals surface area contributed by atoms with Gasteiger partial charge in [0.05, 0.1) is 22.8 Å². The van der Waals surface area contributed by atoms with E-state index in [1.165, 1.54) is 0 Å². The van der Waals surface area contributed by atoms with E-state index in [-0.39, 0.29) is 6.61 Å². The largest absolute Gasteiger partial charge is 0.851 e. The molecule has 3 heterocycles. The van der Waals surface area contributed by atoms with Gasteiger partial charge < -0.3 is 5.11 Å². The Labute approximate surface area is 116 Å². The van der Waals surface area contributed by atoms with Gasteiger partial charge in [-0.25, -0.2) is 4.98 Å². The molecule has 0 spiro atoms. The third-order valence-electron chi connectivity index (χ3n) is 2.91. The molecule has 0 aliphatic carbocycles. The van der Waals surface area contributed by atoms with Crippen molar-refractivity contribution in [1.82, 2.24) is 15.0 Å². The zero-order valence-corrected chi connectivity index (χ0v) is 10.7. The van der Waals surface area contributed by atoms with Gasteiger partial charge in [-0.05, 0) is 36.4 Å². The molecule has 0 fully saturated rings. The molecule has 0 unspecified atom stereocenters. The second-order valence-corrected chi connectivity index (χ2v) is 4.32. The van der Waals surface area contributed by atoms with Crippen LogP contribution in [0.2, 0.25) is 0 Å². The summed E-state index contributed by atoms with van der Waals surface area (Å²) in [7, 11) is 0. The standard InChI is InChI=1S/C16H12N3O/c20-11-12-9-15(13-5-1-3-7-17-13)19-16(10-12)14-6-2-4-8-18-14/h1-10H,11H2/q-1. The van der Waals surface area contributed by atoms with E-state index < -0.39 is 0 Å². The molecule has 3 aromatic rings. The lowest BCUT2D eigenvalue weighted by atomic mass is 10.1. The van der Waals surface area contributed by atoms with Crippen LogP contribution in [0, 0.1) is 0 Å². The van der Waals surface area contributed by atoms with Crippen LogP contribution in [0.5, 0.6) is 0 Å². The Morgan fingerprint density at radius 1 is 0.750 bits per heavy atom. The SMILES string of the molecule is [O-]Cc1cc(-c2ccccn2)nc(-c2ccccn2)c1. The maximum absolute atomic E-state index is 11.2. The van der Waals surface area contributed by atoms with Crippen molar-refractivity contribution < 1.29 is 5.11 Å². The van der Waals surface area contributed by atoms with E-state index in [9.17, 15) is 5.11 Å². The van der Waals surface area contributed by atoms with Crippen LogP contribution < -0.4 is 5.11 Å². The van der Waals surface area contributed by atoms with Crippen molar-refractivity contribution in [3.05, 3.63) is 66.5 Å². The molecular weight excluding hydrogens is 250 g/mol. The monoisotopic (exact) mass is 262 g/mol. The van der Waals surface area contributed by atoms with Crippen LogP contribution in [0.4, 0.5) is 0 Å². The number of rotatable bonds is 3. The van der Waals surface area contributed by atoms with Crippen LogP contribution in [-0.2, 0) is 6.61 Å². The molecule has 0 aliphatic heterocycles. The van der Waals surface area contributed by atoms with Crippen LogP contribution >= 0.6 is 0 Å². The zero-order valence-electron chi connectivity index (χ0n) is 10.7. The minimum atomic E-state index is -0.289. The molecule has 98 valence electrons. The first-order valence-electron chi connectivity index (χ1n) is 6.29. The summed E-state index contributed by atoms with van der Waals surface area (Å²) in [5, 5.41) is 11.2. The quantitative estimate of drug-likeness (QED) is 0.725. The Hall–Kier alpha value is -2.59. The fraction of sp³-hybridized carbons (Fsp3) is 0.0625. The second-order valence-electron chi connectivity index (χ2n) is 4.32. The van der Waals surface area contributed by atoms with Crippen molar-refractivity contribution in [2.24, 2.45) is 0 Å². The normalized spacial score (nSPS) is 10.4. The minimum Gasteiger partial charge on any atom is -0.851 e.